The minimum atomic E-state index is -0.785. The first kappa shape index (κ1) is 27.8. The Labute approximate surface area is 233 Å². The SMILES string of the molecule is CC1CCC(Oc2cccc(C(C)(O)C3CC3)c2)CC(CCC(=O)c2ccccc2CC2CCN=CC=N2)C1. The molecule has 0 amide bonds. The van der Waals surface area contributed by atoms with Gasteiger partial charge in [-0.3, -0.25) is 14.8 Å². The smallest absolute Gasteiger partial charge is 0.163 e. The Bertz CT molecular complexity index is 1180. The third-order valence-corrected chi connectivity index (χ3v) is 9.02. The fourth-order valence-corrected chi connectivity index (χ4v) is 6.47. The lowest BCUT2D eigenvalue weighted by Crippen LogP contribution is -2.24. The molecule has 208 valence electrons. The summed E-state index contributed by atoms with van der Waals surface area (Å²) in [5.74, 6) is 2.53. The number of nitrogens with zero attached hydrogens (tertiary/aromatic N) is 2. The fourth-order valence-electron chi connectivity index (χ4n) is 6.47. The van der Waals surface area contributed by atoms with Crippen LogP contribution in [-0.4, -0.2) is 42.0 Å². The summed E-state index contributed by atoms with van der Waals surface area (Å²) < 4.78 is 6.54. The molecule has 2 saturated carbocycles. The van der Waals surface area contributed by atoms with Gasteiger partial charge < -0.3 is 9.84 Å². The van der Waals surface area contributed by atoms with Crippen molar-refractivity contribution < 1.29 is 14.6 Å². The van der Waals surface area contributed by atoms with Crippen LogP contribution < -0.4 is 4.74 Å². The molecule has 5 nitrogen and oxygen atoms in total. The number of benzene rings is 2. The molecule has 0 aromatic heterocycles. The summed E-state index contributed by atoms with van der Waals surface area (Å²) in [4.78, 5) is 22.4. The van der Waals surface area contributed by atoms with Gasteiger partial charge in [-0.05, 0) is 106 Å². The lowest BCUT2D eigenvalue weighted by molar-refractivity contribution is 0.0326. The predicted molar refractivity (Wildman–Crippen MR) is 158 cm³/mol. The molecule has 1 heterocycles. The summed E-state index contributed by atoms with van der Waals surface area (Å²) in [5.41, 5.74) is 2.12. The quantitative estimate of drug-likeness (QED) is 0.267. The predicted octanol–water partition coefficient (Wildman–Crippen LogP) is 7.00. The molecule has 2 fully saturated rings. The number of carbonyl (C=O) groups excluding carboxylic acids is 1. The van der Waals surface area contributed by atoms with E-state index in [1.54, 1.807) is 12.4 Å². The van der Waals surface area contributed by atoms with Gasteiger partial charge in [0, 0.05) is 31.0 Å². The molecule has 5 unspecified atom stereocenters. The minimum absolute atomic E-state index is 0.138. The van der Waals surface area contributed by atoms with Gasteiger partial charge in [-0.2, -0.15) is 0 Å². The van der Waals surface area contributed by atoms with Crippen LogP contribution in [0.3, 0.4) is 0 Å². The molecular weight excluding hydrogens is 484 g/mol. The molecule has 5 rings (SSSR count). The van der Waals surface area contributed by atoms with Crippen molar-refractivity contribution in [3.8, 4) is 5.75 Å². The highest BCUT2D eigenvalue weighted by Crippen LogP contribution is 2.46. The number of rotatable bonds is 10. The van der Waals surface area contributed by atoms with Crippen molar-refractivity contribution in [3.05, 3.63) is 65.2 Å². The molecule has 0 bridgehead atoms. The van der Waals surface area contributed by atoms with E-state index in [1.807, 2.05) is 49.4 Å². The van der Waals surface area contributed by atoms with E-state index >= 15 is 0 Å². The Morgan fingerprint density at radius 3 is 2.72 bits per heavy atom. The van der Waals surface area contributed by atoms with Crippen molar-refractivity contribution in [3.63, 3.8) is 0 Å². The van der Waals surface area contributed by atoms with E-state index in [2.05, 4.69) is 23.0 Å². The lowest BCUT2D eigenvalue weighted by Gasteiger charge is -2.26. The first-order valence-corrected chi connectivity index (χ1v) is 15.0. The van der Waals surface area contributed by atoms with Crippen molar-refractivity contribution in [2.24, 2.45) is 27.7 Å². The molecule has 2 aromatic carbocycles. The van der Waals surface area contributed by atoms with E-state index in [0.29, 0.717) is 24.2 Å². The lowest BCUT2D eigenvalue weighted by atomic mass is 9.87. The molecule has 2 aromatic rings. The van der Waals surface area contributed by atoms with Gasteiger partial charge in [-0.15, -0.1) is 0 Å². The molecule has 1 N–H and O–H groups in total. The van der Waals surface area contributed by atoms with Crippen LogP contribution in [-0.2, 0) is 12.0 Å². The Hall–Kier alpha value is -2.79. The summed E-state index contributed by atoms with van der Waals surface area (Å²) in [5, 5.41) is 11.0. The van der Waals surface area contributed by atoms with Crippen molar-refractivity contribution in [1.29, 1.82) is 0 Å². The summed E-state index contributed by atoms with van der Waals surface area (Å²) in [6.45, 7) is 5.05. The van der Waals surface area contributed by atoms with E-state index in [9.17, 15) is 9.90 Å². The molecular formula is C34H44N2O3. The fraction of sp³-hybridized carbons (Fsp3) is 0.559. The Kier molecular flexibility index (Phi) is 8.96. The number of hydrogen-bond acceptors (Lipinski definition) is 5. The largest absolute Gasteiger partial charge is 0.490 e. The van der Waals surface area contributed by atoms with E-state index in [0.717, 1.165) is 86.8 Å². The second-order valence-corrected chi connectivity index (χ2v) is 12.3. The Balaban J connectivity index is 1.20. The van der Waals surface area contributed by atoms with Gasteiger partial charge in [0.2, 0.25) is 0 Å². The van der Waals surface area contributed by atoms with Gasteiger partial charge in [-0.1, -0.05) is 43.3 Å². The molecule has 0 saturated heterocycles. The van der Waals surface area contributed by atoms with Crippen molar-refractivity contribution >= 4 is 18.2 Å². The summed E-state index contributed by atoms with van der Waals surface area (Å²) in [6.07, 6.45) is 13.3. The molecule has 0 radical (unpaired) electrons. The molecule has 5 heteroatoms. The highest BCUT2D eigenvalue weighted by atomic mass is 16.5. The van der Waals surface area contributed by atoms with Gasteiger partial charge >= 0.3 is 0 Å². The number of ketones is 1. The Morgan fingerprint density at radius 1 is 1.03 bits per heavy atom. The monoisotopic (exact) mass is 528 g/mol. The van der Waals surface area contributed by atoms with E-state index < -0.39 is 5.60 Å². The second-order valence-electron chi connectivity index (χ2n) is 12.3. The molecule has 3 aliphatic rings. The van der Waals surface area contributed by atoms with E-state index in [-0.39, 0.29) is 17.9 Å². The second kappa shape index (κ2) is 12.6. The van der Waals surface area contributed by atoms with Gasteiger partial charge in [0.15, 0.2) is 5.78 Å². The van der Waals surface area contributed by atoms with Crippen LogP contribution in [0.25, 0.3) is 0 Å². The maximum absolute atomic E-state index is 13.4. The summed E-state index contributed by atoms with van der Waals surface area (Å²) >= 11 is 0. The normalized spacial score (nSPS) is 26.8. The van der Waals surface area contributed by atoms with Crippen molar-refractivity contribution in [2.75, 3.05) is 6.54 Å². The number of ether oxygens (including phenoxy) is 1. The highest BCUT2D eigenvalue weighted by Gasteiger charge is 2.41. The number of carbonyl (C=O) groups is 1. The molecule has 39 heavy (non-hydrogen) atoms. The minimum Gasteiger partial charge on any atom is -0.490 e. The number of aliphatic imine (C=N–C) groups is 2. The van der Waals surface area contributed by atoms with Gasteiger partial charge in [0.05, 0.1) is 17.7 Å². The average molecular weight is 529 g/mol. The zero-order chi connectivity index (χ0) is 27.2. The van der Waals surface area contributed by atoms with Crippen LogP contribution >= 0.6 is 0 Å². The average Bonchev–Trinajstić information content (AvgIpc) is 3.80. The third kappa shape index (κ3) is 7.45. The van der Waals surface area contributed by atoms with Gasteiger partial charge in [-0.25, -0.2) is 0 Å². The number of Topliss-reactive ketones (excluding diaryl/α,β-unsaturated/α-hetero) is 1. The van der Waals surface area contributed by atoms with Crippen molar-refractivity contribution in [1.82, 2.24) is 0 Å². The molecule has 2 aliphatic carbocycles. The van der Waals surface area contributed by atoms with Gasteiger partial charge in [0.1, 0.15) is 5.75 Å². The first-order valence-electron chi connectivity index (χ1n) is 15.0. The molecule has 1 aliphatic heterocycles. The summed E-state index contributed by atoms with van der Waals surface area (Å²) in [7, 11) is 0. The van der Waals surface area contributed by atoms with Crippen LogP contribution in [0.4, 0.5) is 0 Å². The number of aliphatic hydroxyl groups is 1. The molecule has 5 atom stereocenters. The van der Waals surface area contributed by atoms with E-state index in [1.165, 1.54) is 0 Å². The zero-order valence-electron chi connectivity index (χ0n) is 23.6. The van der Waals surface area contributed by atoms with E-state index in [4.69, 9.17) is 4.74 Å². The van der Waals surface area contributed by atoms with Crippen LogP contribution in [0.5, 0.6) is 5.75 Å². The van der Waals surface area contributed by atoms with Gasteiger partial charge in [0.25, 0.3) is 0 Å². The topological polar surface area (TPSA) is 71.2 Å². The van der Waals surface area contributed by atoms with Crippen LogP contribution in [0.1, 0.15) is 93.1 Å². The van der Waals surface area contributed by atoms with Crippen molar-refractivity contribution in [2.45, 2.75) is 95.8 Å². The molecule has 0 spiro atoms. The van der Waals surface area contributed by atoms with Crippen LogP contribution in [0.15, 0.2) is 58.5 Å². The first-order chi connectivity index (χ1) is 18.9. The maximum Gasteiger partial charge on any atom is 0.163 e. The highest BCUT2D eigenvalue weighted by molar-refractivity contribution is 6.16. The van der Waals surface area contributed by atoms with Crippen LogP contribution in [0.2, 0.25) is 0 Å². The zero-order valence-corrected chi connectivity index (χ0v) is 23.6. The standard InChI is InChI=1S/C34H44N2O3/c1-24-10-14-31(39-30-8-5-7-28(23-30)34(2,38)27-12-13-27)21-25(20-24)11-15-33(37)32-9-4-3-6-26(32)22-29-16-17-35-18-19-36-29/h3-9,18-19,23-25,27,29,31,38H,10-17,20-22H2,1-2H3. The van der Waals surface area contributed by atoms with Crippen LogP contribution in [0, 0.1) is 17.8 Å². The third-order valence-electron chi connectivity index (χ3n) is 9.02. The summed E-state index contributed by atoms with van der Waals surface area (Å²) in [6, 6.07) is 16.3. The maximum atomic E-state index is 13.4. The number of hydrogen-bond donors (Lipinski definition) is 1. The Morgan fingerprint density at radius 2 is 1.87 bits per heavy atom.